The molecule has 82 valence electrons. The molecule has 17 heavy (non-hydrogen) atoms. The monoisotopic (exact) mass is 222 g/mol. The van der Waals surface area contributed by atoms with Gasteiger partial charge in [0.25, 0.3) is 0 Å². The molecule has 0 bridgehead atoms. The van der Waals surface area contributed by atoms with Gasteiger partial charge in [0.15, 0.2) is 6.29 Å². The van der Waals surface area contributed by atoms with Crippen molar-refractivity contribution >= 4 is 12.1 Å². The van der Waals surface area contributed by atoms with E-state index in [2.05, 4.69) is 0 Å². The summed E-state index contributed by atoms with van der Waals surface area (Å²) in [6, 6.07) is 15.5. The van der Waals surface area contributed by atoms with Crippen molar-refractivity contribution in [3.05, 3.63) is 59.7 Å². The summed E-state index contributed by atoms with van der Waals surface area (Å²) in [7, 11) is 0. The fourth-order valence-electron chi connectivity index (χ4n) is 2.53. The predicted octanol–water partition coefficient (Wildman–Crippen LogP) is 2.57. The van der Waals surface area contributed by atoms with Gasteiger partial charge in [0.05, 0.1) is 5.92 Å². The highest BCUT2D eigenvalue weighted by molar-refractivity contribution is 6.29. The van der Waals surface area contributed by atoms with Crippen LogP contribution < -0.4 is 0 Å². The molecule has 2 heteroatoms. The third-order valence-electron chi connectivity index (χ3n) is 3.23. The zero-order chi connectivity index (χ0) is 11.8. The van der Waals surface area contributed by atoms with Crippen molar-refractivity contribution in [2.45, 2.75) is 5.92 Å². The smallest absolute Gasteiger partial charge is 0.207 e. The normalized spacial score (nSPS) is 12.9. The van der Waals surface area contributed by atoms with E-state index in [1.165, 1.54) is 0 Å². The van der Waals surface area contributed by atoms with Crippen LogP contribution in [0.1, 0.15) is 17.0 Å². The first kappa shape index (κ1) is 9.97. The van der Waals surface area contributed by atoms with E-state index in [0.29, 0.717) is 6.29 Å². The number of benzene rings is 2. The van der Waals surface area contributed by atoms with Crippen LogP contribution >= 0.6 is 0 Å². The van der Waals surface area contributed by atoms with Crippen LogP contribution in [0.25, 0.3) is 11.1 Å². The largest absolute Gasteiger partial charge is 0.295 e. The lowest BCUT2D eigenvalue weighted by Crippen LogP contribution is -2.12. The van der Waals surface area contributed by atoms with Crippen LogP contribution in [0.4, 0.5) is 0 Å². The fraction of sp³-hybridized carbons (Fsp3) is 0.0667. The molecule has 0 amide bonds. The lowest BCUT2D eigenvalue weighted by molar-refractivity contribution is -0.130. The molecule has 0 spiro atoms. The van der Waals surface area contributed by atoms with Gasteiger partial charge in [-0.15, -0.1) is 0 Å². The van der Waals surface area contributed by atoms with Crippen molar-refractivity contribution in [3.8, 4) is 11.1 Å². The first-order chi connectivity index (χ1) is 8.33. The van der Waals surface area contributed by atoms with Crippen molar-refractivity contribution in [2.75, 3.05) is 0 Å². The minimum absolute atomic E-state index is 0.373. The lowest BCUT2D eigenvalue weighted by atomic mass is 9.93. The summed E-state index contributed by atoms with van der Waals surface area (Å²) < 4.78 is 0. The SMILES string of the molecule is O=CC(=O)C1c2ccccc2-c2ccccc21. The first-order valence-corrected chi connectivity index (χ1v) is 5.50. The first-order valence-electron chi connectivity index (χ1n) is 5.50. The van der Waals surface area contributed by atoms with Crippen molar-refractivity contribution in [3.63, 3.8) is 0 Å². The summed E-state index contributed by atoms with van der Waals surface area (Å²) in [6.07, 6.45) is 0.420. The Labute approximate surface area is 98.9 Å². The molecule has 1 aliphatic rings. The van der Waals surface area contributed by atoms with Gasteiger partial charge < -0.3 is 0 Å². The minimum atomic E-state index is -0.417. The molecule has 0 N–H and O–H groups in total. The van der Waals surface area contributed by atoms with Crippen LogP contribution in [0, 0.1) is 0 Å². The number of ketones is 1. The van der Waals surface area contributed by atoms with E-state index in [0.717, 1.165) is 22.3 Å². The average Bonchev–Trinajstić information content (AvgIpc) is 2.72. The Morgan fingerprint density at radius 3 is 1.82 bits per heavy atom. The zero-order valence-corrected chi connectivity index (χ0v) is 9.09. The zero-order valence-electron chi connectivity index (χ0n) is 9.09. The van der Waals surface area contributed by atoms with E-state index in [9.17, 15) is 9.59 Å². The number of rotatable bonds is 2. The maximum absolute atomic E-state index is 11.8. The second-order valence-corrected chi connectivity index (χ2v) is 4.13. The maximum atomic E-state index is 11.8. The summed E-state index contributed by atoms with van der Waals surface area (Å²) in [5.74, 6) is -0.790. The second-order valence-electron chi connectivity index (χ2n) is 4.13. The average molecular weight is 222 g/mol. The van der Waals surface area contributed by atoms with Crippen LogP contribution in [0.2, 0.25) is 0 Å². The van der Waals surface area contributed by atoms with Gasteiger partial charge in [-0.1, -0.05) is 48.5 Å². The number of carbonyl (C=O) groups excluding carboxylic acids is 2. The summed E-state index contributed by atoms with van der Waals surface area (Å²) in [6.45, 7) is 0. The fourth-order valence-corrected chi connectivity index (χ4v) is 2.53. The van der Waals surface area contributed by atoms with E-state index in [4.69, 9.17) is 0 Å². The molecule has 0 radical (unpaired) electrons. The van der Waals surface area contributed by atoms with E-state index >= 15 is 0 Å². The molecular weight excluding hydrogens is 212 g/mol. The highest BCUT2D eigenvalue weighted by Crippen LogP contribution is 2.44. The molecule has 3 rings (SSSR count). The number of carbonyl (C=O) groups is 2. The number of hydrogen-bond acceptors (Lipinski definition) is 2. The Bertz CT molecular complexity index is 568. The summed E-state index contributed by atoms with van der Waals surface area (Å²) in [5, 5.41) is 0. The van der Waals surface area contributed by atoms with Crippen molar-refractivity contribution in [2.24, 2.45) is 0 Å². The Hall–Kier alpha value is -2.22. The molecule has 0 fully saturated rings. The Kier molecular flexibility index (Phi) is 2.15. The lowest BCUT2D eigenvalue weighted by Gasteiger charge is -2.07. The number of hydrogen-bond donors (Lipinski definition) is 0. The van der Waals surface area contributed by atoms with E-state index in [1.54, 1.807) is 0 Å². The summed E-state index contributed by atoms with van der Waals surface area (Å²) in [4.78, 5) is 22.5. The van der Waals surface area contributed by atoms with E-state index in [1.807, 2.05) is 48.5 Å². The van der Waals surface area contributed by atoms with Gasteiger partial charge in [-0.2, -0.15) is 0 Å². The minimum Gasteiger partial charge on any atom is -0.295 e. The van der Waals surface area contributed by atoms with E-state index in [-0.39, 0.29) is 5.78 Å². The van der Waals surface area contributed by atoms with Crippen LogP contribution in [-0.4, -0.2) is 12.1 Å². The van der Waals surface area contributed by atoms with Gasteiger partial charge in [-0.25, -0.2) is 0 Å². The standard InChI is InChI=1S/C15H10O2/c16-9-14(17)15-12-7-3-1-5-10(12)11-6-2-4-8-13(11)15/h1-9,15H. The highest BCUT2D eigenvalue weighted by atomic mass is 16.2. The molecule has 2 aromatic carbocycles. The molecule has 2 nitrogen and oxygen atoms in total. The highest BCUT2D eigenvalue weighted by Gasteiger charge is 2.32. The molecule has 0 aliphatic heterocycles. The summed E-state index contributed by atoms with van der Waals surface area (Å²) in [5.41, 5.74) is 3.99. The topological polar surface area (TPSA) is 34.1 Å². The molecule has 0 heterocycles. The van der Waals surface area contributed by atoms with Crippen molar-refractivity contribution < 1.29 is 9.59 Å². The maximum Gasteiger partial charge on any atom is 0.207 e. The molecule has 0 unspecified atom stereocenters. The van der Waals surface area contributed by atoms with Crippen molar-refractivity contribution in [1.82, 2.24) is 0 Å². The molecule has 0 aromatic heterocycles. The Morgan fingerprint density at radius 1 is 0.882 bits per heavy atom. The van der Waals surface area contributed by atoms with Gasteiger partial charge >= 0.3 is 0 Å². The van der Waals surface area contributed by atoms with Gasteiger partial charge in [0.2, 0.25) is 5.78 Å². The molecule has 0 saturated carbocycles. The van der Waals surface area contributed by atoms with Crippen LogP contribution in [0.15, 0.2) is 48.5 Å². The molecular formula is C15H10O2. The van der Waals surface area contributed by atoms with Gasteiger partial charge in [0, 0.05) is 0 Å². The number of aldehydes is 1. The molecule has 0 atom stereocenters. The van der Waals surface area contributed by atoms with Gasteiger partial charge in [-0.05, 0) is 22.3 Å². The molecule has 1 aliphatic carbocycles. The van der Waals surface area contributed by atoms with Crippen LogP contribution in [0.5, 0.6) is 0 Å². The quantitative estimate of drug-likeness (QED) is 0.578. The van der Waals surface area contributed by atoms with E-state index < -0.39 is 5.92 Å². The predicted molar refractivity (Wildman–Crippen MR) is 64.8 cm³/mol. The number of fused-ring (bicyclic) bond motifs is 3. The Balaban J connectivity index is 2.31. The molecule has 0 saturated heterocycles. The van der Waals surface area contributed by atoms with Gasteiger partial charge in [0.1, 0.15) is 0 Å². The summed E-state index contributed by atoms with van der Waals surface area (Å²) >= 11 is 0. The Morgan fingerprint density at radius 2 is 1.35 bits per heavy atom. The third-order valence-corrected chi connectivity index (χ3v) is 3.23. The third kappa shape index (κ3) is 1.34. The number of Topliss-reactive ketones (excluding diaryl/α,β-unsaturated/α-hetero) is 1. The second kappa shape index (κ2) is 3.67. The van der Waals surface area contributed by atoms with Gasteiger partial charge in [-0.3, -0.25) is 9.59 Å². The van der Waals surface area contributed by atoms with Crippen molar-refractivity contribution in [1.29, 1.82) is 0 Å². The van der Waals surface area contributed by atoms with Crippen LogP contribution in [-0.2, 0) is 9.59 Å². The molecule has 2 aromatic rings. The van der Waals surface area contributed by atoms with Crippen LogP contribution in [0.3, 0.4) is 0 Å².